The fourth-order valence-corrected chi connectivity index (χ4v) is 9.03. The zero-order chi connectivity index (χ0) is 51.3. The van der Waals surface area contributed by atoms with E-state index in [1.54, 1.807) is 24.5 Å². The molecule has 0 spiro atoms. The Morgan fingerprint density at radius 3 is 1.54 bits per heavy atom. The Morgan fingerprint density at radius 2 is 1.04 bits per heavy atom. The van der Waals surface area contributed by atoms with Crippen molar-refractivity contribution in [1.82, 2.24) is 15.0 Å². The van der Waals surface area contributed by atoms with E-state index in [-0.39, 0.29) is 18.1 Å². The number of aryl methyl sites for hydroxylation is 6. The molecule has 70 heavy (non-hydrogen) atoms. The van der Waals surface area contributed by atoms with Gasteiger partial charge in [-0.2, -0.15) is 0 Å². The standard InChI is InChI=1S/C26H25N5.C24H23F3N2O.C5H8.2C2H6/c1-17-7-5-6-8-23(17)31-20(4)30(25-26(31)29-14-13-28-25)22-15-18(2)24(19(3)16-22)21-9-11-27-12-10-21;1-15-11-16(2)13-19(12-15)28-18(4)29(21-8-6-5-7-17(21)3)22-10-9-20(14-23(22)28)30-24(25,26)27;1-3-5-4-2;2*1-2/h5-16,20H,1-4H3;5-14,18H,1-4H3;3-5H,1H2,2H3;2*1-2H3/b;;5-4-;;. The minimum Gasteiger partial charge on any atom is -0.406 e. The zero-order valence-corrected chi connectivity index (χ0v) is 43.0. The van der Waals surface area contributed by atoms with Gasteiger partial charge in [0.2, 0.25) is 0 Å². The summed E-state index contributed by atoms with van der Waals surface area (Å²) >= 11 is 0. The number of aromatic nitrogens is 3. The van der Waals surface area contributed by atoms with E-state index in [1.165, 1.54) is 39.9 Å². The van der Waals surface area contributed by atoms with Crippen LogP contribution >= 0.6 is 0 Å². The summed E-state index contributed by atoms with van der Waals surface area (Å²) in [6.45, 7) is 30.2. The first-order valence-corrected chi connectivity index (χ1v) is 23.9. The molecule has 0 saturated heterocycles. The molecule has 0 N–H and O–H groups in total. The smallest absolute Gasteiger partial charge is 0.406 e. The van der Waals surface area contributed by atoms with Crippen molar-refractivity contribution in [3.8, 4) is 16.9 Å². The highest BCUT2D eigenvalue weighted by Gasteiger charge is 2.39. The van der Waals surface area contributed by atoms with Gasteiger partial charge >= 0.3 is 6.36 Å². The summed E-state index contributed by atoms with van der Waals surface area (Å²) < 4.78 is 42.7. The van der Waals surface area contributed by atoms with Crippen molar-refractivity contribution in [1.29, 1.82) is 0 Å². The maximum absolute atomic E-state index is 12.8. The third-order valence-electron chi connectivity index (χ3n) is 11.6. The lowest BCUT2D eigenvalue weighted by Gasteiger charge is -2.31. The molecule has 7 aromatic rings. The number of fused-ring (bicyclic) bond motifs is 2. The van der Waals surface area contributed by atoms with Gasteiger partial charge in [0.05, 0.1) is 11.4 Å². The van der Waals surface area contributed by atoms with Gasteiger partial charge < -0.3 is 24.3 Å². The van der Waals surface area contributed by atoms with Crippen molar-refractivity contribution in [3.63, 3.8) is 0 Å². The number of anilines is 8. The van der Waals surface area contributed by atoms with Crippen molar-refractivity contribution in [2.45, 2.75) is 109 Å². The molecule has 2 atom stereocenters. The molecular weight excluding hydrogens is 880 g/mol. The van der Waals surface area contributed by atoms with Gasteiger partial charge in [-0.1, -0.05) is 95.0 Å². The predicted octanol–water partition coefficient (Wildman–Crippen LogP) is 17.0. The number of alkyl halides is 3. The summed E-state index contributed by atoms with van der Waals surface area (Å²) in [6.07, 6.45) is 7.97. The number of para-hydroxylation sites is 2. The maximum atomic E-state index is 12.8. The number of halogens is 3. The molecule has 2 aliphatic heterocycles. The Kier molecular flexibility index (Phi) is 18.5. The van der Waals surface area contributed by atoms with Crippen LogP contribution in [0.2, 0.25) is 0 Å². The number of nitrogens with zero attached hydrogens (tertiary/aromatic N) is 7. The molecule has 0 saturated carbocycles. The molecule has 2 unspecified atom stereocenters. The molecule has 0 bridgehead atoms. The Morgan fingerprint density at radius 1 is 0.543 bits per heavy atom. The Bertz CT molecular complexity index is 2820. The van der Waals surface area contributed by atoms with Crippen LogP contribution in [0.25, 0.3) is 11.1 Å². The predicted molar refractivity (Wildman–Crippen MR) is 288 cm³/mol. The molecule has 9 rings (SSSR count). The van der Waals surface area contributed by atoms with Gasteiger partial charge in [-0.15, -0.1) is 13.2 Å². The number of pyridine rings is 1. The Balaban J connectivity index is 0.000000224. The van der Waals surface area contributed by atoms with E-state index >= 15 is 0 Å². The normalized spacial score (nSPS) is 14.5. The van der Waals surface area contributed by atoms with Gasteiger partial charge in [0.15, 0.2) is 11.6 Å². The molecular formula is C59H68F3N7O. The van der Waals surface area contributed by atoms with E-state index in [0.29, 0.717) is 5.69 Å². The third-order valence-corrected chi connectivity index (χ3v) is 11.6. The SMILES string of the molecule is C=C/C=C\C.CC.CC.Cc1cc(C)cc(N2c3cc(OC(F)(F)F)ccc3N(c3ccccc3C)C2C)c1.Cc1ccccc1N1c2nccnc2N(c2cc(C)c(-c3ccncc3)c(C)c2)C1C. The second-order valence-electron chi connectivity index (χ2n) is 16.5. The molecule has 4 heterocycles. The molecule has 0 aliphatic carbocycles. The quantitative estimate of drug-likeness (QED) is 0.147. The molecule has 2 aliphatic rings. The summed E-state index contributed by atoms with van der Waals surface area (Å²) in [7, 11) is 0. The highest BCUT2D eigenvalue weighted by molar-refractivity contribution is 5.90. The van der Waals surface area contributed by atoms with Gasteiger partial charge in [-0.25, -0.2) is 9.97 Å². The summed E-state index contributed by atoms with van der Waals surface area (Å²) in [5, 5.41) is 0. The van der Waals surface area contributed by atoms with Crippen LogP contribution in [0.4, 0.5) is 58.9 Å². The van der Waals surface area contributed by atoms with E-state index < -0.39 is 6.36 Å². The lowest BCUT2D eigenvalue weighted by Crippen LogP contribution is -2.36. The highest BCUT2D eigenvalue weighted by atomic mass is 19.4. The molecule has 8 nitrogen and oxygen atoms in total. The summed E-state index contributed by atoms with van der Waals surface area (Å²) in [5.41, 5.74) is 15.1. The maximum Gasteiger partial charge on any atom is 0.573 e. The van der Waals surface area contributed by atoms with Crippen LogP contribution in [0.5, 0.6) is 5.75 Å². The van der Waals surface area contributed by atoms with Crippen LogP contribution in [0.15, 0.2) is 159 Å². The van der Waals surface area contributed by atoms with E-state index in [9.17, 15) is 13.2 Å². The largest absolute Gasteiger partial charge is 0.573 e. The fraction of sp³-hybridized carbons (Fsp3) is 0.271. The van der Waals surface area contributed by atoms with Gasteiger partial charge in [0, 0.05) is 53.6 Å². The Hall–Kier alpha value is -7.40. The van der Waals surface area contributed by atoms with Crippen LogP contribution in [0.3, 0.4) is 0 Å². The van der Waals surface area contributed by atoms with E-state index in [1.807, 2.05) is 123 Å². The van der Waals surface area contributed by atoms with Crippen molar-refractivity contribution in [2.24, 2.45) is 0 Å². The molecule has 5 aromatic carbocycles. The van der Waals surface area contributed by atoms with Crippen molar-refractivity contribution >= 4 is 45.8 Å². The first-order valence-electron chi connectivity index (χ1n) is 23.9. The molecule has 2 aromatic heterocycles. The zero-order valence-electron chi connectivity index (χ0n) is 43.0. The van der Waals surface area contributed by atoms with Gasteiger partial charge in [-0.3, -0.25) is 4.98 Å². The van der Waals surface area contributed by atoms with E-state index in [4.69, 9.17) is 9.97 Å². The Labute approximate surface area is 414 Å². The topological polar surface area (TPSA) is 60.9 Å². The van der Waals surface area contributed by atoms with Crippen LogP contribution < -0.4 is 24.3 Å². The van der Waals surface area contributed by atoms with E-state index in [2.05, 4.69) is 118 Å². The molecule has 0 fully saturated rings. The monoisotopic (exact) mass is 948 g/mol. The first kappa shape index (κ1) is 53.6. The summed E-state index contributed by atoms with van der Waals surface area (Å²) in [4.78, 5) is 22.4. The number of benzene rings is 5. The fourth-order valence-electron chi connectivity index (χ4n) is 9.03. The second-order valence-corrected chi connectivity index (χ2v) is 16.5. The molecule has 0 amide bonds. The lowest BCUT2D eigenvalue weighted by molar-refractivity contribution is -0.274. The summed E-state index contributed by atoms with van der Waals surface area (Å²) in [5.74, 6) is 1.54. The number of hydrogen-bond acceptors (Lipinski definition) is 8. The van der Waals surface area contributed by atoms with E-state index in [0.717, 1.165) is 56.8 Å². The van der Waals surface area contributed by atoms with Gasteiger partial charge in [-0.05, 0) is 167 Å². The minimum absolute atomic E-state index is 0.0454. The number of ether oxygens (including phenoxy) is 1. The molecule has 0 radical (unpaired) electrons. The van der Waals surface area contributed by atoms with Crippen molar-refractivity contribution in [3.05, 3.63) is 192 Å². The number of hydrogen-bond donors (Lipinski definition) is 0. The lowest BCUT2D eigenvalue weighted by atomic mass is 9.95. The van der Waals surface area contributed by atoms with Crippen LogP contribution in [-0.4, -0.2) is 33.6 Å². The third kappa shape index (κ3) is 12.1. The summed E-state index contributed by atoms with van der Waals surface area (Å²) in [6, 6.07) is 35.8. The first-order chi connectivity index (χ1) is 33.6. The average Bonchev–Trinajstić information content (AvgIpc) is 3.79. The number of allylic oxidation sites excluding steroid dienone is 3. The average molecular weight is 948 g/mol. The van der Waals surface area contributed by atoms with Crippen LogP contribution in [-0.2, 0) is 0 Å². The van der Waals surface area contributed by atoms with Gasteiger partial charge in [0.25, 0.3) is 0 Å². The second kappa shape index (κ2) is 24.2. The molecule has 11 heteroatoms. The van der Waals surface area contributed by atoms with Crippen LogP contribution in [0.1, 0.15) is 81.8 Å². The van der Waals surface area contributed by atoms with Crippen molar-refractivity contribution < 1.29 is 17.9 Å². The van der Waals surface area contributed by atoms with Crippen molar-refractivity contribution in [2.75, 3.05) is 19.6 Å². The van der Waals surface area contributed by atoms with Crippen LogP contribution in [0, 0.1) is 41.5 Å². The molecule has 366 valence electrons. The number of rotatable bonds is 7. The van der Waals surface area contributed by atoms with Gasteiger partial charge in [0.1, 0.15) is 18.1 Å². The minimum atomic E-state index is -4.74. The highest BCUT2D eigenvalue weighted by Crippen LogP contribution is 2.51.